The van der Waals surface area contributed by atoms with E-state index < -0.39 is 0 Å². The molecule has 18 heavy (non-hydrogen) atoms. The first-order chi connectivity index (χ1) is 8.75. The van der Waals surface area contributed by atoms with Gasteiger partial charge >= 0.3 is 0 Å². The highest BCUT2D eigenvalue weighted by atomic mass is 79.9. The molecule has 1 heterocycles. The molecule has 0 atom stereocenters. The van der Waals surface area contributed by atoms with Crippen LogP contribution in [0.3, 0.4) is 0 Å². The largest absolute Gasteiger partial charge is 0.493 e. The standard InChI is InChI=1S/C14H19BrFNO/c15-13-4-3-12(10-14(13)16)18-9-1-2-11-5-7-17-8-6-11/h3-4,10-11,17H,1-2,5-9H2. The molecule has 0 aromatic heterocycles. The van der Waals surface area contributed by atoms with E-state index in [1.54, 1.807) is 12.1 Å². The van der Waals surface area contributed by atoms with Crippen LogP contribution in [0, 0.1) is 11.7 Å². The maximum Gasteiger partial charge on any atom is 0.141 e. The Morgan fingerprint density at radius 2 is 2.11 bits per heavy atom. The van der Waals surface area contributed by atoms with Crippen molar-refractivity contribution in [3.05, 3.63) is 28.5 Å². The van der Waals surface area contributed by atoms with Crippen molar-refractivity contribution in [3.8, 4) is 5.75 Å². The van der Waals surface area contributed by atoms with Crippen LogP contribution in [-0.2, 0) is 0 Å². The van der Waals surface area contributed by atoms with Crippen LogP contribution in [0.15, 0.2) is 22.7 Å². The topological polar surface area (TPSA) is 21.3 Å². The van der Waals surface area contributed by atoms with Crippen molar-refractivity contribution in [2.24, 2.45) is 5.92 Å². The molecule has 1 aliphatic rings. The second-order valence-electron chi connectivity index (χ2n) is 4.76. The molecule has 0 radical (unpaired) electrons. The lowest BCUT2D eigenvalue weighted by molar-refractivity contribution is 0.273. The SMILES string of the molecule is Fc1cc(OCCCC2CCNCC2)ccc1Br. The fourth-order valence-corrected chi connectivity index (χ4v) is 2.55. The van der Waals surface area contributed by atoms with Gasteiger partial charge in [-0.2, -0.15) is 0 Å². The van der Waals surface area contributed by atoms with Crippen LogP contribution >= 0.6 is 15.9 Å². The lowest BCUT2D eigenvalue weighted by Crippen LogP contribution is -2.27. The summed E-state index contributed by atoms with van der Waals surface area (Å²) in [5, 5.41) is 3.37. The molecule has 1 N–H and O–H groups in total. The van der Waals surface area contributed by atoms with Crippen molar-refractivity contribution in [2.75, 3.05) is 19.7 Å². The van der Waals surface area contributed by atoms with Crippen LogP contribution < -0.4 is 10.1 Å². The van der Waals surface area contributed by atoms with Crippen LogP contribution in [0.5, 0.6) is 5.75 Å². The summed E-state index contributed by atoms with van der Waals surface area (Å²) in [7, 11) is 0. The lowest BCUT2D eigenvalue weighted by Gasteiger charge is -2.22. The number of halogens is 2. The predicted molar refractivity (Wildman–Crippen MR) is 74.4 cm³/mol. The molecule has 1 saturated heterocycles. The summed E-state index contributed by atoms with van der Waals surface area (Å²) in [6, 6.07) is 4.89. The van der Waals surface area contributed by atoms with E-state index in [0.29, 0.717) is 16.8 Å². The average Bonchev–Trinajstić information content (AvgIpc) is 2.40. The monoisotopic (exact) mass is 315 g/mol. The molecule has 2 nitrogen and oxygen atoms in total. The quantitative estimate of drug-likeness (QED) is 0.836. The average molecular weight is 316 g/mol. The Morgan fingerprint density at radius 1 is 1.33 bits per heavy atom. The van der Waals surface area contributed by atoms with Crippen LogP contribution in [0.4, 0.5) is 4.39 Å². The van der Waals surface area contributed by atoms with Gasteiger partial charge in [0.2, 0.25) is 0 Å². The van der Waals surface area contributed by atoms with Gasteiger partial charge in [-0.1, -0.05) is 0 Å². The molecule has 0 amide bonds. The molecule has 0 aliphatic carbocycles. The van der Waals surface area contributed by atoms with E-state index in [1.165, 1.54) is 25.3 Å². The highest BCUT2D eigenvalue weighted by molar-refractivity contribution is 9.10. The van der Waals surface area contributed by atoms with E-state index >= 15 is 0 Å². The molecule has 100 valence electrons. The van der Waals surface area contributed by atoms with Crippen molar-refractivity contribution >= 4 is 15.9 Å². The fourth-order valence-electron chi connectivity index (χ4n) is 2.30. The minimum Gasteiger partial charge on any atom is -0.493 e. The van der Waals surface area contributed by atoms with Crippen LogP contribution in [0.1, 0.15) is 25.7 Å². The van der Waals surface area contributed by atoms with E-state index in [9.17, 15) is 4.39 Å². The Kier molecular flexibility index (Phi) is 5.45. The molecule has 4 heteroatoms. The minimum atomic E-state index is -0.272. The van der Waals surface area contributed by atoms with Gasteiger partial charge in [0.05, 0.1) is 11.1 Å². The third-order valence-corrected chi connectivity index (χ3v) is 4.02. The molecule has 1 aromatic rings. The molecule has 1 aromatic carbocycles. The number of nitrogens with one attached hydrogen (secondary N) is 1. The van der Waals surface area contributed by atoms with Crippen molar-refractivity contribution in [1.82, 2.24) is 5.32 Å². The van der Waals surface area contributed by atoms with Gasteiger partial charge in [0.15, 0.2) is 0 Å². The minimum absolute atomic E-state index is 0.272. The first-order valence-corrected chi connectivity index (χ1v) is 7.33. The Hall–Kier alpha value is -0.610. The molecular weight excluding hydrogens is 297 g/mol. The summed E-state index contributed by atoms with van der Waals surface area (Å²) in [6.45, 7) is 2.96. The molecule has 0 unspecified atom stereocenters. The fraction of sp³-hybridized carbons (Fsp3) is 0.571. The summed E-state index contributed by atoms with van der Waals surface area (Å²) in [5.74, 6) is 1.17. The van der Waals surface area contributed by atoms with Crippen molar-refractivity contribution in [1.29, 1.82) is 0 Å². The van der Waals surface area contributed by atoms with E-state index in [2.05, 4.69) is 21.2 Å². The van der Waals surface area contributed by atoms with E-state index in [1.807, 2.05) is 0 Å². The molecular formula is C14H19BrFNO. The summed E-state index contributed by atoms with van der Waals surface area (Å²) in [6.07, 6.45) is 4.79. The first-order valence-electron chi connectivity index (χ1n) is 6.54. The van der Waals surface area contributed by atoms with Crippen LogP contribution in [0.25, 0.3) is 0 Å². The summed E-state index contributed by atoms with van der Waals surface area (Å²) >= 11 is 3.13. The summed E-state index contributed by atoms with van der Waals surface area (Å²) in [5.41, 5.74) is 0. The first kappa shape index (κ1) is 13.8. The van der Waals surface area contributed by atoms with Crippen molar-refractivity contribution < 1.29 is 9.13 Å². The highest BCUT2D eigenvalue weighted by Crippen LogP contribution is 2.22. The van der Waals surface area contributed by atoms with Gasteiger partial charge < -0.3 is 10.1 Å². The Morgan fingerprint density at radius 3 is 2.83 bits per heavy atom. The predicted octanol–water partition coefficient (Wildman–Crippen LogP) is 3.75. The number of piperidine rings is 1. The van der Waals surface area contributed by atoms with Gasteiger partial charge in [0.1, 0.15) is 11.6 Å². The van der Waals surface area contributed by atoms with Crippen molar-refractivity contribution in [2.45, 2.75) is 25.7 Å². The van der Waals surface area contributed by atoms with Gasteiger partial charge in [0.25, 0.3) is 0 Å². The number of ether oxygens (including phenoxy) is 1. The zero-order valence-corrected chi connectivity index (χ0v) is 12.0. The number of rotatable bonds is 5. The number of benzene rings is 1. The zero-order valence-electron chi connectivity index (χ0n) is 10.4. The summed E-state index contributed by atoms with van der Waals surface area (Å²) < 4.78 is 19.3. The number of hydrogen-bond donors (Lipinski definition) is 1. The van der Waals surface area contributed by atoms with E-state index in [-0.39, 0.29) is 5.82 Å². The van der Waals surface area contributed by atoms with E-state index in [0.717, 1.165) is 25.4 Å². The van der Waals surface area contributed by atoms with Gasteiger partial charge in [-0.05, 0) is 72.8 Å². The lowest BCUT2D eigenvalue weighted by atomic mass is 9.93. The molecule has 2 rings (SSSR count). The maximum atomic E-state index is 13.2. The third kappa shape index (κ3) is 4.25. The van der Waals surface area contributed by atoms with Gasteiger partial charge in [-0.25, -0.2) is 4.39 Å². The van der Waals surface area contributed by atoms with Crippen LogP contribution in [0.2, 0.25) is 0 Å². The highest BCUT2D eigenvalue weighted by Gasteiger charge is 2.12. The molecule has 1 fully saturated rings. The second kappa shape index (κ2) is 7.10. The second-order valence-corrected chi connectivity index (χ2v) is 5.61. The third-order valence-electron chi connectivity index (χ3n) is 3.38. The van der Waals surface area contributed by atoms with Crippen molar-refractivity contribution in [3.63, 3.8) is 0 Å². The van der Waals surface area contributed by atoms with Gasteiger partial charge in [-0.3, -0.25) is 0 Å². The maximum absolute atomic E-state index is 13.2. The molecule has 0 saturated carbocycles. The molecule has 1 aliphatic heterocycles. The number of hydrogen-bond acceptors (Lipinski definition) is 2. The van der Waals surface area contributed by atoms with Gasteiger partial charge in [-0.15, -0.1) is 0 Å². The Balaban J connectivity index is 1.66. The smallest absolute Gasteiger partial charge is 0.141 e. The zero-order chi connectivity index (χ0) is 12.8. The van der Waals surface area contributed by atoms with E-state index in [4.69, 9.17) is 4.74 Å². The Bertz CT molecular complexity index is 380. The summed E-state index contributed by atoms with van der Waals surface area (Å²) in [4.78, 5) is 0. The molecule has 0 spiro atoms. The van der Waals surface area contributed by atoms with Crippen LogP contribution in [-0.4, -0.2) is 19.7 Å². The molecule has 0 bridgehead atoms. The normalized spacial score (nSPS) is 16.8. The Labute approximate surface area is 116 Å². The van der Waals surface area contributed by atoms with Gasteiger partial charge in [0, 0.05) is 6.07 Å².